The van der Waals surface area contributed by atoms with E-state index in [2.05, 4.69) is 65.6 Å². The molecule has 4 aromatic carbocycles. The molecule has 0 spiro atoms. The van der Waals surface area contributed by atoms with Crippen LogP contribution in [0.25, 0.3) is 33.0 Å². The van der Waals surface area contributed by atoms with E-state index in [0.717, 1.165) is 51.4 Å². The Morgan fingerprint density at radius 1 is 0.629 bits per heavy atom. The molecule has 0 aliphatic carbocycles. The Hall–Kier alpha value is -3.50. The van der Waals surface area contributed by atoms with Crippen molar-refractivity contribution in [2.75, 3.05) is 40.5 Å². The van der Waals surface area contributed by atoms with E-state index in [4.69, 9.17) is 14.2 Å². The molecule has 4 aromatic rings. The van der Waals surface area contributed by atoms with Crippen molar-refractivity contribution >= 4 is 10.8 Å². The van der Waals surface area contributed by atoms with Gasteiger partial charge in [-0.3, -0.25) is 4.90 Å². The van der Waals surface area contributed by atoms with E-state index in [1.165, 1.54) is 37.7 Å². The summed E-state index contributed by atoms with van der Waals surface area (Å²) >= 11 is 0. The largest absolute Gasteiger partial charge is 0.497 e. The molecular weight excluding hydrogens is 434 g/mol. The van der Waals surface area contributed by atoms with Crippen LogP contribution in [0.5, 0.6) is 17.2 Å². The van der Waals surface area contributed by atoms with Gasteiger partial charge in [0.1, 0.15) is 23.9 Å². The number of piperidine rings is 1. The summed E-state index contributed by atoms with van der Waals surface area (Å²) in [5, 5.41) is 2.34. The highest BCUT2D eigenvalue weighted by atomic mass is 16.5. The Labute approximate surface area is 208 Å². The fourth-order valence-electron chi connectivity index (χ4n) is 4.89. The van der Waals surface area contributed by atoms with Crippen molar-refractivity contribution in [1.82, 2.24) is 4.90 Å². The van der Waals surface area contributed by atoms with Crippen LogP contribution in [-0.4, -0.2) is 45.4 Å². The summed E-state index contributed by atoms with van der Waals surface area (Å²) in [6.45, 7) is 4.07. The zero-order valence-electron chi connectivity index (χ0n) is 20.6. The molecular formula is C31H33NO3. The molecule has 1 aliphatic rings. The highest BCUT2D eigenvalue weighted by Crippen LogP contribution is 2.37. The summed E-state index contributed by atoms with van der Waals surface area (Å²) in [7, 11) is 3.41. The van der Waals surface area contributed by atoms with Crippen LogP contribution in [0, 0.1) is 0 Å². The van der Waals surface area contributed by atoms with Gasteiger partial charge in [-0.2, -0.15) is 0 Å². The van der Waals surface area contributed by atoms with Gasteiger partial charge in [-0.05, 0) is 101 Å². The monoisotopic (exact) mass is 467 g/mol. The Balaban J connectivity index is 1.43. The van der Waals surface area contributed by atoms with Gasteiger partial charge < -0.3 is 14.2 Å². The molecule has 0 radical (unpaired) electrons. The van der Waals surface area contributed by atoms with Crippen LogP contribution in [0.2, 0.25) is 0 Å². The zero-order valence-corrected chi connectivity index (χ0v) is 20.6. The summed E-state index contributed by atoms with van der Waals surface area (Å²) in [5.41, 5.74) is 4.56. The predicted octanol–water partition coefficient (Wildman–Crippen LogP) is 7.06. The number of nitrogens with zero attached hydrogens (tertiary/aromatic N) is 1. The number of fused-ring (bicyclic) bond motifs is 1. The number of hydrogen-bond donors (Lipinski definition) is 0. The maximum atomic E-state index is 6.17. The van der Waals surface area contributed by atoms with Gasteiger partial charge in [0, 0.05) is 6.54 Å². The first kappa shape index (κ1) is 23.3. The first-order chi connectivity index (χ1) is 17.2. The molecule has 1 saturated heterocycles. The van der Waals surface area contributed by atoms with Crippen LogP contribution in [0.4, 0.5) is 0 Å². The van der Waals surface area contributed by atoms with Crippen LogP contribution in [0.15, 0.2) is 78.9 Å². The lowest BCUT2D eigenvalue weighted by Crippen LogP contribution is -2.33. The van der Waals surface area contributed by atoms with Gasteiger partial charge in [0.25, 0.3) is 0 Å². The van der Waals surface area contributed by atoms with Crippen LogP contribution in [-0.2, 0) is 0 Å². The summed E-state index contributed by atoms with van der Waals surface area (Å²) in [6.07, 6.45) is 3.96. The van der Waals surface area contributed by atoms with E-state index < -0.39 is 0 Å². The molecule has 0 unspecified atom stereocenters. The second kappa shape index (κ2) is 10.8. The molecule has 0 aromatic heterocycles. The number of likely N-dealkylation sites (tertiary alicyclic amines) is 1. The second-order valence-corrected chi connectivity index (χ2v) is 9.12. The lowest BCUT2D eigenvalue weighted by molar-refractivity contribution is 0.183. The molecule has 4 heteroatoms. The topological polar surface area (TPSA) is 30.9 Å². The van der Waals surface area contributed by atoms with Crippen molar-refractivity contribution < 1.29 is 14.2 Å². The van der Waals surface area contributed by atoms with Gasteiger partial charge in [-0.25, -0.2) is 0 Å². The molecule has 4 nitrogen and oxygen atoms in total. The summed E-state index contributed by atoms with van der Waals surface area (Å²) in [4.78, 5) is 2.50. The zero-order chi connectivity index (χ0) is 24.0. The number of ether oxygens (including phenoxy) is 3. The van der Waals surface area contributed by atoms with E-state index in [1.54, 1.807) is 14.2 Å². The maximum absolute atomic E-state index is 6.17. The average Bonchev–Trinajstić information content (AvgIpc) is 2.93. The van der Waals surface area contributed by atoms with Gasteiger partial charge in [0.15, 0.2) is 0 Å². The van der Waals surface area contributed by atoms with E-state index in [9.17, 15) is 0 Å². The summed E-state index contributed by atoms with van der Waals surface area (Å²) in [5.74, 6) is 2.61. The third-order valence-corrected chi connectivity index (χ3v) is 6.86. The van der Waals surface area contributed by atoms with Crippen molar-refractivity contribution in [2.45, 2.75) is 19.3 Å². The quantitative estimate of drug-likeness (QED) is 0.278. The summed E-state index contributed by atoms with van der Waals surface area (Å²) < 4.78 is 17.1. The molecule has 1 heterocycles. The van der Waals surface area contributed by atoms with E-state index >= 15 is 0 Å². The van der Waals surface area contributed by atoms with Gasteiger partial charge in [0.2, 0.25) is 0 Å². The Morgan fingerprint density at radius 3 is 2.17 bits per heavy atom. The van der Waals surface area contributed by atoms with Gasteiger partial charge >= 0.3 is 0 Å². The van der Waals surface area contributed by atoms with Crippen LogP contribution >= 0.6 is 0 Å². The lowest BCUT2D eigenvalue weighted by Gasteiger charge is -2.26. The van der Waals surface area contributed by atoms with Crippen LogP contribution in [0.1, 0.15) is 19.3 Å². The third kappa shape index (κ3) is 5.44. The average molecular weight is 468 g/mol. The summed E-state index contributed by atoms with van der Waals surface area (Å²) in [6, 6.07) is 27.4. The first-order valence-electron chi connectivity index (χ1n) is 12.5. The first-order valence-corrected chi connectivity index (χ1v) is 12.5. The Bertz CT molecular complexity index is 1290. The van der Waals surface area contributed by atoms with Crippen molar-refractivity contribution in [1.29, 1.82) is 0 Å². The Kier molecular flexibility index (Phi) is 7.20. The van der Waals surface area contributed by atoms with Crippen LogP contribution < -0.4 is 14.2 Å². The highest BCUT2D eigenvalue weighted by molar-refractivity contribution is 5.92. The molecule has 1 fully saturated rings. The Morgan fingerprint density at radius 2 is 1.34 bits per heavy atom. The van der Waals surface area contributed by atoms with E-state index in [0.29, 0.717) is 6.61 Å². The minimum absolute atomic E-state index is 0.711. The lowest BCUT2D eigenvalue weighted by atomic mass is 9.93. The molecule has 5 rings (SSSR count). The fraction of sp³-hybridized carbons (Fsp3) is 0.290. The SMILES string of the molecule is COc1ccc(-c2ccc3cc(OC)ccc3c2)c(-c2cccc(OCCN3CCCCC3)c2)c1. The second-order valence-electron chi connectivity index (χ2n) is 9.12. The molecule has 0 saturated carbocycles. The number of benzene rings is 4. The fourth-order valence-corrected chi connectivity index (χ4v) is 4.89. The van der Waals surface area contributed by atoms with Crippen molar-refractivity contribution in [2.24, 2.45) is 0 Å². The minimum atomic E-state index is 0.711. The maximum Gasteiger partial charge on any atom is 0.119 e. The molecule has 1 aliphatic heterocycles. The molecule has 0 N–H and O–H groups in total. The number of hydrogen-bond acceptors (Lipinski definition) is 4. The number of methoxy groups -OCH3 is 2. The standard InChI is InChI=1S/C31H33NO3/c1-33-27-12-11-23-19-26(10-9-24(23)20-27)30-14-13-28(34-2)22-31(30)25-7-6-8-29(21-25)35-18-17-32-15-4-3-5-16-32/h6-14,19-22H,3-5,15-18H2,1-2H3. The van der Waals surface area contributed by atoms with Crippen LogP contribution in [0.3, 0.4) is 0 Å². The van der Waals surface area contributed by atoms with Gasteiger partial charge in [0.05, 0.1) is 14.2 Å². The minimum Gasteiger partial charge on any atom is -0.497 e. The van der Waals surface area contributed by atoms with Crippen molar-refractivity contribution in [3.05, 3.63) is 78.9 Å². The van der Waals surface area contributed by atoms with Crippen molar-refractivity contribution in [3.8, 4) is 39.5 Å². The number of rotatable bonds is 8. The normalized spacial score (nSPS) is 14.1. The molecule has 0 bridgehead atoms. The van der Waals surface area contributed by atoms with Gasteiger partial charge in [-0.15, -0.1) is 0 Å². The van der Waals surface area contributed by atoms with Crippen molar-refractivity contribution in [3.63, 3.8) is 0 Å². The molecule has 35 heavy (non-hydrogen) atoms. The molecule has 0 atom stereocenters. The third-order valence-electron chi connectivity index (χ3n) is 6.86. The predicted molar refractivity (Wildman–Crippen MR) is 144 cm³/mol. The van der Waals surface area contributed by atoms with E-state index in [1.807, 2.05) is 18.2 Å². The van der Waals surface area contributed by atoms with E-state index in [-0.39, 0.29) is 0 Å². The smallest absolute Gasteiger partial charge is 0.119 e. The van der Waals surface area contributed by atoms with Gasteiger partial charge in [-0.1, -0.05) is 42.8 Å². The molecule has 180 valence electrons. The highest BCUT2D eigenvalue weighted by Gasteiger charge is 2.13. The molecule has 0 amide bonds.